The Labute approximate surface area is 100 Å². The van der Waals surface area contributed by atoms with Gasteiger partial charge in [0.05, 0.1) is 0 Å². The summed E-state index contributed by atoms with van der Waals surface area (Å²) in [5.41, 5.74) is 5.41. The fourth-order valence-corrected chi connectivity index (χ4v) is 1.56. The highest BCUT2D eigenvalue weighted by molar-refractivity contribution is 5.99. The summed E-state index contributed by atoms with van der Waals surface area (Å²) in [5.74, 6) is -0.692. The molecule has 5 nitrogen and oxygen atoms in total. The molecule has 1 aromatic carbocycles. The number of benzene rings is 1. The summed E-state index contributed by atoms with van der Waals surface area (Å²) in [7, 11) is 1.61. The van der Waals surface area contributed by atoms with E-state index in [4.69, 9.17) is 5.73 Å². The topological polar surface area (TPSA) is 86.8 Å². The Bertz CT molecular complexity index is 386. The minimum Gasteiger partial charge on any atom is -0.507 e. The molecule has 17 heavy (non-hydrogen) atoms. The Morgan fingerprint density at radius 3 is 2.41 bits per heavy atom. The van der Waals surface area contributed by atoms with Gasteiger partial charge in [-0.25, -0.2) is 0 Å². The lowest BCUT2D eigenvalue weighted by atomic mass is 10.1. The highest BCUT2D eigenvalue weighted by Gasteiger charge is 2.20. The van der Waals surface area contributed by atoms with Crippen LogP contribution in [-0.4, -0.2) is 41.2 Å². The molecule has 94 valence electrons. The van der Waals surface area contributed by atoms with Crippen LogP contribution in [0.15, 0.2) is 18.2 Å². The number of carbonyl (C=O) groups is 1. The van der Waals surface area contributed by atoms with Crippen LogP contribution in [-0.2, 0) is 0 Å². The summed E-state index contributed by atoms with van der Waals surface area (Å²) >= 11 is 0. The van der Waals surface area contributed by atoms with E-state index >= 15 is 0 Å². The predicted octanol–water partition coefficient (Wildman–Crippen LogP) is 0.765. The van der Waals surface area contributed by atoms with Crippen molar-refractivity contribution in [1.29, 1.82) is 0 Å². The second-order valence-electron chi connectivity index (χ2n) is 4.20. The van der Waals surface area contributed by atoms with Gasteiger partial charge in [-0.05, 0) is 24.6 Å². The smallest absolute Gasteiger partial charge is 0.261 e. The van der Waals surface area contributed by atoms with Crippen LogP contribution in [0.2, 0.25) is 0 Å². The first-order chi connectivity index (χ1) is 7.97. The first kappa shape index (κ1) is 13.3. The van der Waals surface area contributed by atoms with E-state index in [1.165, 1.54) is 23.1 Å². The van der Waals surface area contributed by atoms with Crippen molar-refractivity contribution in [2.75, 3.05) is 20.1 Å². The van der Waals surface area contributed by atoms with Gasteiger partial charge < -0.3 is 20.8 Å². The van der Waals surface area contributed by atoms with Crippen LogP contribution in [0.25, 0.3) is 0 Å². The molecule has 0 aromatic heterocycles. The third-order valence-corrected chi connectivity index (χ3v) is 2.57. The maximum Gasteiger partial charge on any atom is 0.261 e. The molecule has 0 saturated carbocycles. The number of rotatable bonds is 4. The highest BCUT2D eigenvalue weighted by atomic mass is 16.3. The van der Waals surface area contributed by atoms with Crippen LogP contribution < -0.4 is 5.73 Å². The predicted molar refractivity (Wildman–Crippen MR) is 65.0 cm³/mol. The number of aromatic hydroxyl groups is 2. The normalized spacial score (nSPS) is 12.2. The van der Waals surface area contributed by atoms with Crippen molar-refractivity contribution in [2.24, 2.45) is 11.7 Å². The van der Waals surface area contributed by atoms with Gasteiger partial charge in [-0.15, -0.1) is 0 Å². The standard InChI is InChI=1S/C12H18N2O3/c1-8(6-13)7-14(2)12(17)11-9(15)4-3-5-10(11)16/h3-5,8,15-16H,6-7,13H2,1-2H3. The van der Waals surface area contributed by atoms with Crippen LogP contribution in [0.1, 0.15) is 17.3 Å². The van der Waals surface area contributed by atoms with E-state index in [1.807, 2.05) is 6.92 Å². The Morgan fingerprint density at radius 1 is 1.41 bits per heavy atom. The monoisotopic (exact) mass is 238 g/mol. The SMILES string of the molecule is CC(CN)CN(C)C(=O)c1c(O)cccc1O. The summed E-state index contributed by atoms with van der Waals surface area (Å²) in [5, 5.41) is 19.1. The van der Waals surface area contributed by atoms with E-state index in [1.54, 1.807) is 7.05 Å². The third kappa shape index (κ3) is 3.10. The number of phenols is 2. The molecule has 1 aromatic rings. The van der Waals surface area contributed by atoms with Crippen molar-refractivity contribution >= 4 is 5.91 Å². The lowest BCUT2D eigenvalue weighted by Crippen LogP contribution is -2.33. The summed E-state index contributed by atoms with van der Waals surface area (Å²) in [6, 6.07) is 4.21. The van der Waals surface area contributed by atoms with Crippen molar-refractivity contribution in [3.05, 3.63) is 23.8 Å². The molecule has 1 rings (SSSR count). The summed E-state index contributed by atoms with van der Waals surface area (Å²) < 4.78 is 0. The van der Waals surface area contributed by atoms with Gasteiger partial charge in [0.2, 0.25) is 0 Å². The second kappa shape index (κ2) is 5.54. The zero-order valence-electron chi connectivity index (χ0n) is 10.1. The molecule has 1 atom stereocenters. The van der Waals surface area contributed by atoms with Gasteiger partial charge in [0.1, 0.15) is 17.1 Å². The number of nitrogens with two attached hydrogens (primary N) is 1. The molecule has 5 heteroatoms. The van der Waals surface area contributed by atoms with E-state index in [-0.39, 0.29) is 23.0 Å². The quantitative estimate of drug-likeness (QED) is 0.723. The van der Waals surface area contributed by atoms with Gasteiger partial charge in [0, 0.05) is 13.6 Å². The molecule has 0 fully saturated rings. The number of hydrogen-bond donors (Lipinski definition) is 3. The average molecular weight is 238 g/mol. The summed E-state index contributed by atoms with van der Waals surface area (Å²) in [4.78, 5) is 13.4. The Morgan fingerprint density at radius 2 is 1.94 bits per heavy atom. The molecule has 0 bridgehead atoms. The number of nitrogens with zero attached hydrogens (tertiary/aromatic N) is 1. The largest absolute Gasteiger partial charge is 0.507 e. The molecule has 0 aliphatic heterocycles. The molecule has 0 aliphatic carbocycles. The summed E-state index contributed by atoms with van der Waals surface area (Å²) in [6.45, 7) is 2.88. The molecular weight excluding hydrogens is 220 g/mol. The lowest BCUT2D eigenvalue weighted by Gasteiger charge is -2.21. The van der Waals surface area contributed by atoms with Crippen LogP contribution in [0.5, 0.6) is 11.5 Å². The number of carbonyl (C=O) groups excluding carboxylic acids is 1. The van der Waals surface area contributed by atoms with Crippen molar-refractivity contribution in [1.82, 2.24) is 4.90 Å². The molecule has 1 amide bonds. The van der Waals surface area contributed by atoms with E-state index in [0.717, 1.165) is 0 Å². The van der Waals surface area contributed by atoms with Gasteiger partial charge in [-0.1, -0.05) is 13.0 Å². The molecule has 0 aliphatic rings. The van der Waals surface area contributed by atoms with Crippen LogP contribution in [0, 0.1) is 5.92 Å². The molecule has 1 unspecified atom stereocenters. The fraction of sp³-hybridized carbons (Fsp3) is 0.417. The van der Waals surface area contributed by atoms with Crippen LogP contribution in [0.4, 0.5) is 0 Å². The lowest BCUT2D eigenvalue weighted by molar-refractivity contribution is 0.0771. The number of amides is 1. The molecule has 0 saturated heterocycles. The van der Waals surface area contributed by atoms with Crippen molar-refractivity contribution in [3.8, 4) is 11.5 Å². The van der Waals surface area contributed by atoms with E-state index in [0.29, 0.717) is 13.1 Å². The Hall–Kier alpha value is -1.75. The molecule has 0 spiro atoms. The van der Waals surface area contributed by atoms with E-state index < -0.39 is 5.91 Å². The average Bonchev–Trinajstić information content (AvgIpc) is 2.28. The second-order valence-corrected chi connectivity index (χ2v) is 4.20. The van der Waals surface area contributed by atoms with Gasteiger partial charge in [-0.3, -0.25) is 4.79 Å². The maximum absolute atomic E-state index is 12.0. The minimum atomic E-state index is -0.416. The molecule has 0 heterocycles. The van der Waals surface area contributed by atoms with E-state index in [2.05, 4.69) is 0 Å². The van der Waals surface area contributed by atoms with Crippen LogP contribution in [0.3, 0.4) is 0 Å². The van der Waals surface area contributed by atoms with Crippen molar-refractivity contribution < 1.29 is 15.0 Å². The Kier molecular flexibility index (Phi) is 4.34. The van der Waals surface area contributed by atoms with Crippen LogP contribution >= 0.6 is 0 Å². The first-order valence-electron chi connectivity index (χ1n) is 5.43. The highest BCUT2D eigenvalue weighted by Crippen LogP contribution is 2.27. The zero-order chi connectivity index (χ0) is 13.0. The van der Waals surface area contributed by atoms with Gasteiger partial charge >= 0.3 is 0 Å². The fourth-order valence-electron chi connectivity index (χ4n) is 1.56. The van der Waals surface area contributed by atoms with Gasteiger partial charge in [0.25, 0.3) is 5.91 Å². The van der Waals surface area contributed by atoms with Gasteiger partial charge in [-0.2, -0.15) is 0 Å². The van der Waals surface area contributed by atoms with Crippen molar-refractivity contribution in [3.63, 3.8) is 0 Å². The first-order valence-corrected chi connectivity index (χ1v) is 5.43. The molecular formula is C12H18N2O3. The molecule has 4 N–H and O–H groups in total. The minimum absolute atomic E-state index is 0.0702. The molecule has 0 radical (unpaired) electrons. The number of phenolic OH excluding ortho intramolecular Hbond substituents is 2. The number of hydrogen-bond acceptors (Lipinski definition) is 4. The van der Waals surface area contributed by atoms with Crippen molar-refractivity contribution in [2.45, 2.75) is 6.92 Å². The van der Waals surface area contributed by atoms with E-state index in [9.17, 15) is 15.0 Å². The Balaban J connectivity index is 2.89. The summed E-state index contributed by atoms with van der Waals surface area (Å²) in [6.07, 6.45) is 0. The zero-order valence-corrected chi connectivity index (χ0v) is 10.1. The third-order valence-electron chi connectivity index (χ3n) is 2.57. The van der Waals surface area contributed by atoms with Gasteiger partial charge in [0.15, 0.2) is 0 Å². The maximum atomic E-state index is 12.0.